The Balaban J connectivity index is 1.64. The number of nitrogens with two attached hydrogens (primary N) is 1. The van der Waals surface area contributed by atoms with Crippen LogP contribution >= 0.6 is 11.3 Å². The molecule has 1 amide bonds. The minimum absolute atomic E-state index is 0.137. The van der Waals surface area contributed by atoms with E-state index >= 15 is 0 Å². The second-order valence-corrected chi connectivity index (χ2v) is 10.5. The molecule has 1 aromatic heterocycles. The van der Waals surface area contributed by atoms with E-state index in [0.29, 0.717) is 23.9 Å². The highest BCUT2D eigenvalue weighted by Crippen LogP contribution is 2.28. The molecule has 140 valence electrons. The van der Waals surface area contributed by atoms with Gasteiger partial charge in [0.25, 0.3) is 15.9 Å². The van der Waals surface area contributed by atoms with Crippen molar-refractivity contribution in [3.63, 3.8) is 0 Å². The zero-order valence-electron chi connectivity index (χ0n) is 14.6. The molecule has 1 saturated carbocycles. The van der Waals surface area contributed by atoms with Crippen molar-refractivity contribution in [1.82, 2.24) is 9.62 Å². The molecule has 0 unspecified atom stereocenters. The summed E-state index contributed by atoms with van der Waals surface area (Å²) < 4.78 is 27.3. The zero-order valence-corrected chi connectivity index (χ0v) is 16.2. The molecule has 3 rings (SSSR count). The molecule has 1 saturated heterocycles. The fourth-order valence-corrected chi connectivity index (χ4v) is 6.29. The second-order valence-electron chi connectivity index (χ2n) is 7.29. The summed E-state index contributed by atoms with van der Waals surface area (Å²) in [6.45, 7) is 3.27. The lowest BCUT2D eigenvalue weighted by Crippen LogP contribution is -2.40. The van der Waals surface area contributed by atoms with E-state index in [4.69, 9.17) is 5.73 Å². The van der Waals surface area contributed by atoms with Crippen molar-refractivity contribution in [3.05, 3.63) is 17.0 Å². The largest absolute Gasteiger partial charge is 0.349 e. The summed E-state index contributed by atoms with van der Waals surface area (Å²) in [5, 5.41) is 3.01. The predicted molar refractivity (Wildman–Crippen MR) is 99.2 cm³/mol. The molecule has 6 nitrogen and oxygen atoms in total. The molecule has 2 aliphatic rings. The molecule has 2 fully saturated rings. The van der Waals surface area contributed by atoms with Crippen molar-refractivity contribution in [2.24, 2.45) is 11.7 Å². The van der Waals surface area contributed by atoms with Crippen LogP contribution in [-0.4, -0.2) is 43.8 Å². The smallest absolute Gasteiger partial charge is 0.261 e. The standard InChI is InChI=1S/C17H27N3O3S2/c1-12-8-10-20(11-9-12)25(22,23)16-7-6-15(24-16)17(21)19-14-4-2-13(18)3-5-14/h6-7,12-14H,2-5,8-11,18H2,1H3,(H,19,21). The highest BCUT2D eigenvalue weighted by molar-refractivity contribution is 7.91. The summed E-state index contributed by atoms with van der Waals surface area (Å²) in [6, 6.07) is 3.55. The lowest BCUT2D eigenvalue weighted by molar-refractivity contribution is 0.0930. The van der Waals surface area contributed by atoms with Gasteiger partial charge in [-0.3, -0.25) is 4.79 Å². The summed E-state index contributed by atoms with van der Waals surface area (Å²) in [7, 11) is -3.48. The van der Waals surface area contributed by atoms with E-state index in [1.165, 1.54) is 0 Å². The van der Waals surface area contributed by atoms with Crippen LogP contribution in [0.3, 0.4) is 0 Å². The molecule has 0 aromatic carbocycles. The van der Waals surface area contributed by atoms with Crippen LogP contribution in [-0.2, 0) is 10.0 Å². The van der Waals surface area contributed by atoms with E-state index in [-0.39, 0.29) is 22.2 Å². The van der Waals surface area contributed by atoms with Gasteiger partial charge in [0.1, 0.15) is 4.21 Å². The Bertz CT molecular complexity index is 700. The fraction of sp³-hybridized carbons (Fsp3) is 0.706. The quantitative estimate of drug-likeness (QED) is 0.831. The van der Waals surface area contributed by atoms with Gasteiger partial charge in [-0.05, 0) is 56.6 Å². The fourth-order valence-electron chi connectivity index (χ4n) is 3.45. The Morgan fingerprint density at radius 1 is 1.16 bits per heavy atom. The molecule has 1 aliphatic heterocycles. The maximum atomic E-state index is 12.7. The molecule has 1 aromatic rings. The van der Waals surface area contributed by atoms with Crippen molar-refractivity contribution in [1.29, 1.82) is 0 Å². The number of carbonyl (C=O) groups is 1. The first kappa shape index (κ1) is 18.8. The number of nitrogens with zero attached hydrogens (tertiary/aromatic N) is 1. The molecule has 0 spiro atoms. The third kappa shape index (κ3) is 4.42. The SMILES string of the molecule is CC1CCN(S(=O)(=O)c2ccc(C(=O)NC3CCC(N)CC3)s2)CC1. The molecule has 0 atom stereocenters. The minimum Gasteiger partial charge on any atom is -0.349 e. The number of rotatable bonds is 4. The Hall–Kier alpha value is -0.960. The minimum atomic E-state index is -3.48. The first-order valence-electron chi connectivity index (χ1n) is 9.02. The summed E-state index contributed by atoms with van der Waals surface area (Å²) in [6.07, 6.45) is 5.39. The van der Waals surface area contributed by atoms with Gasteiger partial charge in [0.15, 0.2) is 0 Å². The van der Waals surface area contributed by atoms with Crippen LogP contribution in [0.5, 0.6) is 0 Å². The van der Waals surface area contributed by atoms with Gasteiger partial charge in [0, 0.05) is 25.2 Å². The number of hydrogen-bond donors (Lipinski definition) is 2. The molecule has 0 radical (unpaired) electrons. The van der Waals surface area contributed by atoms with Crippen molar-refractivity contribution in [2.45, 2.75) is 61.7 Å². The van der Waals surface area contributed by atoms with Gasteiger partial charge < -0.3 is 11.1 Å². The van der Waals surface area contributed by atoms with Crippen LogP contribution < -0.4 is 11.1 Å². The first-order valence-corrected chi connectivity index (χ1v) is 11.3. The monoisotopic (exact) mass is 385 g/mol. The molecule has 3 N–H and O–H groups in total. The lowest BCUT2D eigenvalue weighted by Gasteiger charge is -2.28. The van der Waals surface area contributed by atoms with Gasteiger partial charge in [-0.2, -0.15) is 4.31 Å². The predicted octanol–water partition coefficient (Wildman–Crippen LogP) is 2.17. The summed E-state index contributed by atoms with van der Waals surface area (Å²) >= 11 is 1.07. The molecule has 1 aliphatic carbocycles. The summed E-state index contributed by atoms with van der Waals surface area (Å²) in [5.74, 6) is 0.388. The third-order valence-electron chi connectivity index (χ3n) is 5.25. The molecule has 8 heteroatoms. The number of sulfonamides is 1. The highest BCUT2D eigenvalue weighted by Gasteiger charge is 2.30. The number of hydrogen-bond acceptors (Lipinski definition) is 5. The molecular formula is C17H27N3O3S2. The Morgan fingerprint density at radius 2 is 1.80 bits per heavy atom. The number of piperidine rings is 1. The normalized spacial score (nSPS) is 26.5. The first-order chi connectivity index (χ1) is 11.9. The number of nitrogens with one attached hydrogen (secondary N) is 1. The van der Waals surface area contributed by atoms with E-state index in [9.17, 15) is 13.2 Å². The number of carbonyl (C=O) groups excluding carboxylic acids is 1. The number of thiophene rings is 1. The van der Waals surface area contributed by atoms with Crippen LogP contribution in [0.2, 0.25) is 0 Å². The van der Waals surface area contributed by atoms with Crippen LogP contribution in [0.4, 0.5) is 0 Å². The van der Waals surface area contributed by atoms with Crippen molar-refractivity contribution < 1.29 is 13.2 Å². The van der Waals surface area contributed by atoms with E-state index in [1.807, 2.05) is 0 Å². The third-order valence-corrected chi connectivity index (χ3v) is 8.70. The van der Waals surface area contributed by atoms with Crippen LogP contribution in [0.25, 0.3) is 0 Å². The Morgan fingerprint density at radius 3 is 2.44 bits per heavy atom. The van der Waals surface area contributed by atoms with Gasteiger partial charge in [-0.25, -0.2) is 8.42 Å². The molecular weight excluding hydrogens is 358 g/mol. The molecule has 0 bridgehead atoms. The average Bonchev–Trinajstić information content (AvgIpc) is 3.08. The van der Waals surface area contributed by atoms with Crippen molar-refractivity contribution in [3.8, 4) is 0 Å². The summed E-state index contributed by atoms with van der Waals surface area (Å²) in [4.78, 5) is 12.9. The van der Waals surface area contributed by atoms with E-state index in [1.54, 1.807) is 16.4 Å². The van der Waals surface area contributed by atoms with Crippen LogP contribution in [0, 0.1) is 5.92 Å². The van der Waals surface area contributed by atoms with E-state index < -0.39 is 10.0 Å². The van der Waals surface area contributed by atoms with Crippen LogP contribution in [0.15, 0.2) is 16.3 Å². The lowest BCUT2D eigenvalue weighted by atomic mass is 9.92. The zero-order chi connectivity index (χ0) is 18.0. The highest BCUT2D eigenvalue weighted by atomic mass is 32.2. The Kier molecular flexibility index (Phi) is 5.82. The molecule has 2 heterocycles. The topological polar surface area (TPSA) is 92.5 Å². The van der Waals surface area contributed by atoms with Crippen LogP contribution in [0.1, 0.15) is 55.1 Å². The van der Waals surface area contributed by atoms with Gasteiger partial charge >= 0.3 is 0 Å². The maximum absolute atomic E-state index is 12.7. The van der Waals surface area contributed by atoms with Gasteiger partial charge in [-0.15, -0.1) is 11.3 Å². The van der Waals surface area contributed by atoms with Crippen molar-refractivity contribution >= 4 is 27.3 Å². The summed E-state index contributed by atoms with van der Waals surface area (Å²) in [5.41, 5.74) is 5.89. The van der Waals surface area contributed by atoms with Gasteiger partial charge in [0.2, 0.25) is 0 Å². The van der Waals surface area contributed by atoms with E-state index in [0.717, 1.165) is 49.9 Å². The second kappa shape index (κ2) is 7.73. The van der Waals surface area contributed by atoms with Crippen molar-refractivity contribution in [2.75, 3.05) is 13.1 Å². The number of amides is 1. The Labute approximate surface area is 153 Å². The van der Waals surface area contributed by atoms with Gasteiger partial charge in [0.05, 0.1) is 4.88 Å². The maximum Gasteiger partial charge on any atom is 0.261 e. The molecule has 25 heavy (non-hydrogen) atoms. The van der Waals surface area contributed by atoms with Gasteiger partial charge in [-0.1, -0.05) is 6.92 Å². The average molecular weight is 386 g/mol. The van der Waals surface area contributed by atoms with E-state index in [2.05, 4.69) is 12.2 Å².